The quantitative estimate of drug-likeness (QED) is 0.759. The maximum Gasteiger partial charge on any atom is 0.227 e. The fraction of sp³-hybridized carbons (Fsp3) is 0.632. The first kappa shape index (κ1) is 19.6. The van der Waals surface area contributed by atoms with Crippen LogP contribution in [0.15, 0.2) is 17.0 Å². The van der Waals surface area contributed by atoms with E-state index in [0.717, 1.165) is 29.2 Å². The Balaban J connectivity index is 0.00000196. The molecule has 1 aromatic carbocycles. The summed E-state index contributed by atoms with van der Waals surface area (Å²) in [5.41, 5.74) is 7.18. The number of halogens is 1. The van der Waals surface area contributed by atoms with Crippen LogP contribution in [0.25, 0.3) is 0 Å². The number of thioether (sulfide) groups is 1. The zero-order chi connectivity index (χ0) is 17.4. The van der Waals surface area contributed by atoms with E-state index in [0.29, 0.717) is 30.8 Å². The topological polar surface area (TPSA) is 73.6 Å². The van der Waals surface area contributed by atoms with E-state index in [1.165, 1.54) is 19.3 Å². The van der Waals surface area contributed by atoms with Gasteiger partial charge in [-0.2, -0.15) is 0 Å². The number of carbonyl (C=O) groups excluding carboxylic acids is 1. The maximum absolute atomic E-state index is 12.9. The number of fused-ring (bicyclic) bond motifs is 3. The third-order valence-corrected chi connectivity index (χ3v) is 6.68. The van der Waals surface area contributed by atoms with Crippen molar-refractivity contribution in [3.63, 3.8) is 0 Å². The molecule has 2 bridgehead atoms. The van der Waals surface area contributed by atoms with E-state index in [2.05, 4.69) is 5.32 Å². The molecule has 1 aliphatic heterocycles. The summed E-state index contributed by atoms with van der Waals surface area (Å²) < 4.78 is 11.3. The molecule has 7 heteroatoms. The average Bonchev–Trinajstić information content (AvgIpc) is 2.60. The van der Waals surface area contributed by atoms with Crippen molar-refractivity contribution in [1.29, 1.82) is 0 Å². The van der Waals surface area contributed by atoms with Gasteiger partial charge in [0.15, 0.2) is 11.5 Å². The Morgan fingerprint density at radius 3 is 2.38 bits per heavy atom. The molecular weight excluding hydrogens is 372 g/mol. The highest BCUT2D eigenvalue weighted by Crippen LogP contribution is 2.43. The lowest BCUT2D eigenvalue weighted by Gasteiger charge is -2.43. The Hall–Kier alpha value is -1.11. The molecule has 144 valence electrons. The summed E-state index contributed by atoms with van der Waals surface area (Å²) in [4.78, 5) is 13.9. The SMILES string of the molecule is CSc1cc2c(cc1NC(=O)C1CC3CCCC(C1)C3N)OCCO2.Cl. The van der Waals surface area contributed by atoms with E-state index < -0.39 is 0 Å². The highest BCUT2D eigenvalue weighted by molar-refractivity contribution is 7.98. The zero-order valence-corrected chi connectivity index (χ0v) is 16.7. The number of hydrogen-bond donors (Lipinski definition) is 2. The fourth-order valence-electron chi connectivity index (χ4n) is 4.57. The van der Waals surface area contributed by atoms with Crippen LogP contribution in [0.5, 0.6) is 11.5 Å². The molecule has 0 saturated heterocycles. The van der Waals surface area contributed by atoms with Gasteiger partial charge in [-0.25, -0.2) is 0 Å². The van der Waals surface area contributed by atoms with Crippen molar-refractivity contribution < 1.29 is 14.3 Å². The van der Waals surface area contributed by atoms with Gasteiger partial charge in [-0.1, -0.05) is 6.42 Å². The maximum atomic E-state index is 12.9. The average molecular weight is 399 g/mol. The van der Waals surface area contributed by atoms with Gasteiger partial charge in [-0.15, -0.1) is 24.2 Å². The van der Waals surface area contributed by atoms with Crippen LogP contribution >= 0.6 is 24.2 Å². The molecule has 5 nitrogen and oxygen atoms in total. The van der Waals surface area contributed by atoms with Gasteiger partial charge < -0.3 is 20.5 Å². The Kier molecular flexibility index (Phi) is 6.25. The highest BCUT2D eigenvalue weighted by atomic mass is 35.5. The first-order valence-corrected chi connectivity index (χ1v) is 10.4. The standard InChI is InChI=1S/C19H26N2O3S.ClH/c1-25-17-10-16-15(23-5-6-24-16)9-14(17)21-19(22)13-7-11-3-2-4-12(8-13)18(11)20;/h9-13,18H,2-8,20H2,1H3,(H,21,22);1H. The molecule has 0 aromatic heterocycles. The molecule has 1 amide bonds. The molecule has 1 heterocycles. The highest BCUT2D eigenvalue weighted by Gasteiger charge is 2.40. The molecule has 1 aromatic rings. The van der Waals surface area contributed by atoms with E-state index >= 15 is 0 Å². The van der Waals surface area contributed by atoms with Gasteiger partial charge in [-0.3, -0.25) is 4.79 Å². The molecule has 26 heavy (non-hydrogen) atoms. The second-order valence-corrected chi connectivity index (χ2v) is 8.23. The van der Waals surface area contributed by atoms with Crippen molar-refractivity contribution >= 4 is 35.8 Å². The van der Waals surface area contributed by atoms with Crippen LogP contribution in [0.1, 0.15) is 32.1 Å². The number of nitrogens with one attached hydrogen (secondary N) is 1. The molecule has 2 fully saturated rings. The zero-order valence-electron chi connectivity index (χ0n) is 15.0. The van der Waals surface area contributed by atoms with Crippen LogP contribution in [-0.4, -0.2) is 31.4 Å². The van der Waals surface area contributed by atoms with Crippen LogP contribution in [0, 0.1) is 17.8 Å². The second kappa shape index (κ2) is 8.28. The number of rotatable bonds is 3. The molecule has 4 rings (SSSR count). The minimum atomic E-state index is 0. The molecule has 2 atom stereocenters. The van der Waals surface area contributed by atoms with Crippen LogP contribution in [0.3, 0.4) is 0 Å². The Morgan fingerprint density at radius 1 is 1.15 bits per heavy atom. The number of nitrogens with two attached hydrogens (primary N) is 1. The first-order chi connectivity index (χ1) is 12.2. The van der Waals surface area contributed by atoms with E-state index in [1.54, 1.807) is 11.8 Å². The van der Waals surface area contributed by atoms with Gasteiger partial charge in [0.05, 0.1) is 5.69 Å². The van der Waals surface area contributed by atoms with Gasteiger partial charge in [-0.05, 0) is 49.8 Å². The van der Waals surface area contributed by atoms with Crippen molar-refractivity contribution in [2.24, 2.45) is 23.5 Å². The Bertz CT molecular complexity index is 658. The van der Waals surface area contributed by atoms with Crippen molar-refractivity contribution in [3.05, 3.63) is 12.1 Å². The van der Waals surface area contributed by atoms with Gasteiger partial charge >= 0.3 is 0 Å². The summed E-state index contributed by atoms with van der Waals surface area (Å²) in [6.45, 7) is 1.11. The molecule has 2 unspecified atom stereocenters. The summed E-state index contributed by atoms with van der Waals surface area (Å²) in [5, 5.41) is 3.15. The summed E-state index contributed by atoms with van der Waals surface area (Å²) in [6, 6.07) is 4.14. The lowest BCUT2D eigenvalue weighted by molar-refractivity contribution is -0.122. The fourth-order valence-corrected chi connectivity index (χ4v) is 5.13. The van der Waals surface area contributed by atoms with Crippen molar-refractivity contribution in [2.45, 2.75) is 43.0 Å². The van der Waals surface area contributed by atoms with Crippen molar-refractivity contribution in [3.8, 4) is 11.5 Å². The number of hydrogen-bond acceptors (Lipinski definition) is 5. The van der Waals surface area contributed by atoms with E-state index in [1.807, 2.05) is 18.4 Å². The number of carbonyl (C=O) groups is 1. The smallest absolute Gasteiger partial charge is 0.227 e. The van der Waals surface area contributed by atoms with Gasteiger partial charge in [0.1, 0.15) is 13.2 Å². The van der Waals surface area contributed by atoms with Crippen LogP contribution in [0.2, 0.25) is 0 Å². The van der Waals surface area contributed by atoms with Crippen LogP contribution in [0.4, 0.5) is 5.69 Å². The third-order valence-electron chi connectivity index (χ3n) is 5.91. The predicted molar refractivity (Wildman–Crippen MR) is 107 cm³/mol. The summed E-state index contributed by atoms with van der Waals surface area (Å²) in [6.07, 6.45) is 7.44. The molecule has 0 spiro atoms. The first-order valence-electron chi connectivity index (χ1n) is 9.19. The lowest BCUT2D eigenvalue weighted by Crippen LogP contribution is -2.48. The molecule has 3 aliphatic rings. The number of amides is 1. The van der Waals surface area contributed by atoms with Gasteiger partial charge in [0.2, 0.25) is 5.91 Å². The largest absolute Gasteiger partial charge is 0.486 e. The van der Waals surface area contributed by atoms with Gasteiger partial charge in [0.25, 0.3) is 0 Å². The van der Waals surface area contributed by atoms with E-state index in [9.17, 15) is 4.79 Å². The number of anilines is 1. The van der Waals surface area contributed by atoms with Crippen molar-refractivity contribution in [1.82, 2.24) is 0 Å². The Morgan fingerprint density at radius 2 is 1.77 bits per heavy atom. The minimum absolute atomic E-state index is 0. The van der Waals surface area contributed by atoms with Crippen molar-refractivity contribution in [2.75, 3.05) is 24.8 Å². The number of benzene rings is 1. The molecule has 3 N–H and O–H groups in total. The molecular formula is C19H27ClN2O3S. The summed E-state index contributed by atoms with van der Waals surface area (Å²) >= 11 is 1.60. The Labute approximate surface area is 165 Å². The molecule has 2 aliphatic carbocycles. The van der Waals surface area contributed by atoms with Gasteiger partial charge in [0, 0.05) is 22.9 Å². The lowest BCUT2D eigenvalue weighted by atomic mass is 9.65. The summed E-state index contributed by atoms with van der Waals surface area (Å²) in [5.74, 6) is 2.66. The summed E-state index contributed by atoms with van der Waals surface area (Å²) in [7, 11) is 0. The molecule has 0 radical (unpaired) electrons. The van der Waals surface area contributed by atoms with E-state index in [-0.39, 0.29) is 30.3 Å². The third kappa shape index (κ3) is 3.78. The van der Waals surface area contributed by atoms with E-state index in [4.69, 9.17) is 15.2 Å². The molecule has 2 saturated carbocycles. The predicted octanol–water partition coefficient (Wildman–Crippen LogP) is 3.69. The second-order valence-electron chi connectivity index (χ2n) is 7.38. The minimum Gasteiger partial charge on any atom is -0.486 e. The van der Waals surface area contributed by atoms with Crippen LogP contribution in [-0.2, 0) is 4.79 Å². The van der Waals surface area contributed by atoms with Crippen LogP contribution < -0.4 is 20.5 Å². The monoisotopic (exact) mass is 398 g/mol. The normalized spacial score (nSPS) is 29.5. The number of ether oxygens (including phenoxy) is 2.